The van der Waals surface area contributed by atoms with Crippen molar-refractivity contribution < 1.29 is 14.7 Å². The van der Waals surface area contributed by atoms with Crippen molar-refractivity contribution in [1.82, 2.24) is 19.4 Å². The van der Waals surface area contributed by atoms with Crippen molar-refractivity contribution in [2.45, 2.75) is 19.8 Å². The maximum atomic E-state index is 12.4. The first-order chi connectivity index (χ1) is 9.61. The van der Waals surface area contributed by atoms with Gasteiger partial charge < -0.3 is 10.0 Å². The lowest BCUT2D eigenvalue weighted by Gasteiger charge is -2.20. The molecule has 0 saturated carbocycles. The Morgan fingerprint density at radius 1 is 1.30 bits per heavy atom. The fraction of sp³-hybridized carbons (Fsp3) is 0.667. The van der Waals surface area contributed by atoms with Crippen LogP contribution < -0.4 is 0 Å². The molecule has 1 N–H and O–H groups in total. The van der Waals surface area contributed by atoms with Crippen molar-refractivity contribution in [2.24, 2.45) is 0 Å². The molecule has 2 rings (SSSR count). The third kappa shape index (κ3) is 3.51. The molecular weight excluding hydrogens is 280 g/mol. The van der Waals surface area contributed by atoms with Gasteiger partial charge in [0.25, 0.3) is 5.91 Å². The fourth-order valence-corrected chi connectivity index (χ4v) is 2.99. The Labute approximate surface area is 121 Å². The summed E-state index contributed by atoms with van der Waals surface area (Å²) in [7, 11) is 0. The van der Waals surface area contributed by atoms with Gasteiger partial charge in [0, 0.05) is 26.2 Å². The Kier molecular flexibility index (Phi) is 5.02. The molecule has 1 amide bonds. The van der Waals surface area contributed by atoms with Crippen molar-refractivity contribution in [3.05, 3.63) is 10.6 Å². The van der Waals surface area contributed by atoms with E-state index in [0.717, 1.165) is 23.6 Å². The molecule has 2 heterocycles. The number of rotatable bonds is 4. The Bertz CT molecular complexity index is 491. The predicted molar refractivity (Wildman–Crippen MR) is 73.9 cm³/mol. The minimum Gasteiger partial charge on any atom is -0.480 e. The van der Waals surface area contributed by atoms with Gasteiger partial charge in [0.05, 0.1) is 12.2 Å². The molecule has 1 aliphatic heterocycles. The molecule has 1 aromatic rings. The van der Waals surface area contributed by atoms with E-state index in [2.05, 4.69) is 9.59 Å². The summed E-state index contributed by atoms with van der Waals surface area (Å²) in [5.41, 5.74) is 0.742. The number of hydrogen-bond acceptors (Lipinski definition) is 6. The molecule has 0 bridgehead atoms. The van der Waals surface area contributed by atoms with Gasteiger partial charge >= 0.3 is 5.97 Å². The molecule has 1 aromatic heterocycles. The molecule has 1 fully saturated rings. The van der Waals surface area contributed by atoms with E-state index in [1.165, 1.54) is 0 Å². The maximum Gasteiger partial charge on any atom is 0.317 e. The molecule has 0 aromatic carbocycles. The summed E-state index contributed by atoms with van der Waals surface area (Å²) in [6, 6.07) is 0. The number of carboxylic acid groups (broad SMARTS) is 1. The number of aromatic nitrogens is 2. The van der Waals surface area contributed by atoms with Gasteiger partial charge in [0.1, 0.15) is 4.88 Å². The number of hydrogen-bond donors (Lipinski definition) is 1. The number of amides is 1. The van der Waals surface area contributed by atoms with Crippen LogP contribution in [0.5, 0.6) is 0 Å². The van der Waals surface area contributed by atoms with E-state index in [1.807, 2.05) is 11.8 Å². The summed E-state index contributed by atoms with van der Waals surface area (Å²) in [5, 5.41) is 12.8. The van der Waals surface area contributed by atoms with E-state index >= 15 is 0 Å². The number of nitrogens with zero attached hydrogens (tertiary/aromatic N) is 4. The van der Waals surface area contributed by atoms with Gasteiger partial charge in [-0.3, -0.25) is 14.5 Å². The predicted octanol–water partition coefficient (Wildman–Crippen LogP) is 0.333. The fourth-order valence-electron chi connectivity index (χ4n) is 2.27. The Morgan fingerprint density at radius 3 is 2.80 bits per heavy atom. The summed E-state index contributed by atoms with van der Waals surface area (Å²) < 4.78 is 3.84. The van der Waals surface area contributed by atoms with Gasteiger partial charge in [-0.05, 0) is 24.4 Å². The molecule has 7 nitrogen and oxygen atoms in total. The normalized spacial score (nSPS) is 16.9. The summed E-state index contributed by atoms with van der Waals surface area (Å²) in [6.45, 7) is 4.47. The summed E-state index contributed by atoms with van der Waals surface area (Å²) >= 11 is 1.13. The second kappa shape index (κ2) is 6.76. The minimum absolute atomic E-state index is 0.0321. The monoisotopic (exact) mass is 298 g/mol. The van der Waals surface area contributed by atoms with Crippen molar-refractivity contribution in [2.75, 3.05) is 32.7 Å². The van der Waals surface area contributed by atoms with E-state index in [9.17, 15) is 9.59 Å². The SMILES string of the molecule is CCc1nnsc1C(=O)N1CCCN(CC(=O)O)CC1. The first-order valence-corrected chi connectivity index (χ1v) is 7.43. The van der Waals surface area contributed by atoms with Gasteiger partial charge in [-0.1, -0.05) is 11.4 Å². The number of carboxylic acids is 1. The van der Waals surface area contributed by atoms with Crippen LogP contribution in [0.3, 0.4) is 0 Å². The first-order valence-electron chi connectivity index (χ1n) is 6.66. The van der Waals surface area contributed by atoms with Crippen LogP contribution in [0.1, 0.15) is 28.7 Å². The average molecular weight is 298 g/mol. The standard InChI is InChI=1S/C12H18N4O3S/c1-2-9-11(20-14-13-9)12(19)16-5-3-4-15(6-7-16)8-10(17)18/h2-8H2,1H3,(H,17,18). The highest BCUT2D eigenvalue weighted by Gasteiger charge is 2.24. The quantitative estimate of drug-likeness (QED) is 0.862. The maximum absolute atomic E-state index is 12.4. The van der Waals surface area contributed by atoms with E-state index in [4.69, 9.17) is 5.11 Å². The number of carbonyl (C=O) groups is 2. The zero-order valence-electron chi connectivity index (χ0n) is 11.4. The molecule has 1 saturated heterocycles. The zero-order valence-corrected chi connectivity index (χ0v) is 12.2. The summed E-state index contributed by atoms with van der Waals surface area (Å²) in [5.74, 6) is -0.862. The average Bonchev–Trinajstić information content (AvgIpc) is 2.77. The van der Waals surface area contributed by atoms with Crippen LogP contribution >= 0.6 is 11.5 Å². The third-order valence-electron chi connectivity index (χ3n) is 3.32. The molecule has 8 heteroatoms. The van der Waals surface area contributed by atoms with Crippen molar-refractivity contribution in [1.29, 1.82) is 0 Å². The minimum atomic E-state index is -0.829. The second-order valence-corrected chi connectivity index (χ2v) is 5.47. The van der Waals surface area contributed by atoms with Gasteiger partial charge in [-0.25, -0.2) is 0 Å². The molecule has 0 spiro atoms. The van der Waals surface area contributed by atoms with Crippen LogP contribution in [0.15, 0.2) is 0 Å². The molecule has 0 radical (unpaired) electrons. The van der Waals surface area contributed by atoms with Crippen molar-refractivity contribution in [3.8, 4) is 0 Å². The van der Waals surface area contributed by atoms with Crippen molar-refractivity contribution >= 4 is 23.4 Å². The third-order valence-corrected chi connectivity index (χ3v) is 4.08. The zero-order chi connectivity index (χ0) is 14.5. The Morgan fingerprint density at radius 2 is 2.10 bits per heavy atom. The molecule has 110 valence electrons. The molecule has 1 aliphatic rings. The van der Waals surface area contributed by atoms with E-state index in [0.29, 0.717) is 37.5 Å². The van der Waals surface area contributed by atoms with Gasteiger partial charge in [0.15, 0.2) is 0 Å². The lowest BCUT2D eigenvalue weighted by molar-refractivity contribution is -0.138. The first kappa shape index (κ1) is 14.9. The molecule has 20 heavy (non-hydrogen) atoms. The number of carbonyl (C=O) groups excluding carboxylic acids is 1. The van der Waals surface area contributed by atoms with Crippen LogP contribution in [0.2, 0.25) is 0 Å². The van der Waals surface area contributed by atoms with Crippen molar-refractivity contribution in [3.63, 3.8) is 0 Å². The van der Waals surface area contributed by atoms with Crippen LogP contribution in [0.25, 0.3) is 0 Å². The lowest BCUT2D eigenvalue weighted by Crippen LogP contribution is -2.36. The highest BCUT2D eigenvalue weighted by atomic mass is 32.1. The van der Waals surface area contributed by atoms with Crippen LogP contribution in [0, 0.1) is 0 Å². The topological polar surface area (TPSA) is 86.6 Å². The van der Waals surface area contributed by atoms with E-state index in [1.54, 1.807) is 4.90 Å². The van der Waals surface area contributed by atoms with E-state index in [-0.39, 0.29) is 12.5 Å². The van der Waals surface area contributed by atoms with Gasteiger partial charge in [0.2, 0.25) is 0 Å². The van der Waals surface area contributed by atoms with Crippen LogP contribution in [-0.4, -0.2) is 69.1 Å². The molecule has 0 atom stereocenters. The smallest absolute Gasteiger partial charge is 0.317 e. The highest BCUT2D eigenvalue weighted by molar-refractivity contribution is 7.08. The summed E-state index contributed by atoms with van der Waals surface area (Å²) in [4.78, 5) is 27.4. The van der Waals surface area contributed by atoms with Gasteiger partial charge in [-0.2, -0.15) is 0 Å². The Hall–Kier alpha value is -1.54. The Balaban J connectivity index is 2.00. The second-order valence-electron chi connectivity index (χ2n) is 4.72. The van der Waals surface area contributed by atoms with Crippen LogP contribution in [-0.2, 0) is 11.2 Å². The highest BCUT2D eigenvalue weighted by Crippen LogP contribution is 2.15. The number of aryl methyl sites for hydroxylation is 1. The summed E-state index contributed by atoms with van der Waals surface area (Å²) in [6.07, 6.45) is 1.48. The lowest BCUT2D eigenvalue weighted by atomic mass is 10.2. The molecule has 0 aliphatic carbocycles. The van der Waals surface area contributed by atoms with Crippen LogP contribution in [0.4, 0.5) is 0 Å². The van der Waals surface area contributed by atoms with Gasteiger partial charge in [-0.15, -0.1) is 5.10 Å². The number of aliphatic carboxylic acids is 1. The molecular formula is C12H18N4O3S. The largest absolute Gasteiger partial charge is 0.480 e. The molecule has 0 unspecified atom stereocenters. The van der Waals surface area contributed by atoms with E-state index < -0.39 is 5.97 Å².